The maximum absolute atomic E-state index is 10.6. The molecule has 0 bridgehead atoms. The number of hydrogen-bond donors (Lipinski definition) is 1. The molecule has 0 heterocycles. The predicted octanol–water partition coefficient (Wildman–Crippen LogP) is 3.22. The lowest BCUT2D eigenvalue weighted by Crippen LogP contribution is -2.01. The van der Waals surface area contributed by atoms with Gasteiger partial charge in [0.15, 0.2) is 0 Å². The molecule has 1 N–H and O–H groups in total. The third-order valence-corrected chi connectivity index (χ3v) is 2.25. The number of alkyl halides is 1. The van der Waals surface area contributed by atoms with Crippen molar-refractivity contribution in [3.05, 3.63) is 40.4 Å². The molecule has 15 heavy (non-hydrogen) atoms. The van der Waals surface area contributed by atoms with Crippen molar-refractivity contribution in [2.24, 2.45) is 0 Å². The second-order valence-electron chi connectivity index (χ2n) is 2.97. The molecule has 0 fully saturated rings. The first-order valence-electron chi connectivity index (χ1n) is 4.36. The van der Waals surface area contributed by atoms with Gasteiger partial charge in [0.1, 0.15) is 0 Å². The van der Waals surface area contributed by atoms with E-state index in [2.05, 4.69) is 0 Å². The van der Waals surface area contributed by atoms with E-state index in [0.717, 1.165) is 5.56 Å². The summed E-state index contributed by atoms with van der Waals surface area (Å²) in [6.45, 7) is 0. The number of allylic oxidation sites excluding steroid dienone is 1. The van der Waals surface area contributed by atoms with E-state index in [0.29, 0.717) is 16.5 Å². The van der Waals surface area contributed by atoms with Crippen LogP contribution in [0.2, 0.25) is 5.02 Å². The average Bonchev–Trinajstić information content (AvgIpc) is 2.16. The maximum atomic E-state index is 10.6. The molecule has 1 aromatic carbocycles. The Kier molecular flexibility index (Phi) is 4.66. The van der Waals surface area contributed by atoms with Gasteiger partial charge in [-0.25, -0.2) is 0 Å². The van der Waals surface area contributed by atoms with Crippen molar-refractivity contribution >= 4 is 35.2 Å². The Morgan fingerprint density at radius 3 is 2.80 bits per heavy atom. The summed E-state index contributed by atoms with van der Waals surface area (Å²) in [4.78, 5) is 10.6. The van der Waals surface area contributed by atoms with Gasteiger partial charge < -0.3 is 5.11 Å². The van der Waals surface area contributed by atoms with Gasteiger partial charge in [-0.05, 0) is 23.3 Å². The Balaban J connectivity index is 3.02. The summed E-state index contributed by atoms with van der Waals surface area (Å²) < 4.78 is 0. The minimum absolute atomic E-state index is 0.0392. The van der Waals surface area contributed by atoms with Crippen molar-refractivity contribution < 1.29 is 9.90 Å². The van der Waals surface area contributed by atoms with Gasteiger partial charge in [0.25, 0.3) is 0 Å². The molecule has 0 radical (unpaired) electrons. The van der Waals surface area contributed by atoms with Crippen LogP contribution in [-0.2, 0) is 11.2 Å². The molecule has 0 saturated heterocycles. The summed E-state index contributed by atoms with van der Waals surface area (Å²) in [5, 5.41) is 9.25. The Labute approximate surface area is 98.1 Å². The van der Waals surface area contributed by atoms with Gasteiger partial charge in [-0.15, -0.1) is 11.6 Å². The molecule has 0 amide bonds. The van der Waals surface area contributed by atoms with Crippen LogP contribution in [0, 0.1) is 0 Å². The first-order chi connectivity index (χ1) is 7.13. The van der Waals surface area contributed by atoms with Crippen LogP contribution in [0.25, 0.3) is 6.08 Å². The van der Waals surface area contributed by atoms with Crippen LogP contribution < -0.4 is 0 Å². The highest BCUT2D eigenvalue weighted by Gasteiger charge is 2.05. The highest BCUT2D eigenvalue weighted by molar-refractivity contribution is 6.30. The average molecular weight is 245 g/mol. The van der Waals surface area contributed by atoms with Crippen LogP contribution in [0.4, 0.5) is 0 Å². The molecule has 0 aromatic heterocycles. The normalized spacial score (nSPS) is 10.8. The topological polar surface area (TPSA) is 37.3 Å². The summed E-state index contributed by atoms with van der Waals surface area (Å²) in [5.41, 5.74) is 1.53. The number of carboxylic acid groups (broad SMARTS) is 1. The van der Waals surface area contributed by atoms with Crippen LogP contribution in [0.3, 0.4) is 0 Å². The molecular weight excluding hydrogens is 235 g/mol. The van der Waals surface area contributed by atoms with Crippen molar-refractivity contribution in [3.63, 3.8) is 0 Å². The largest absolute Gasteiger partial charge is 0.481 e. The van der Waals surface area contributed by atoms with Gasteiger partial charge in [0.05, 0.1) is 6.42 Å². The van der Waals surface area contributed by atoms with Crippen LogP contribution >= 0.6 is 23.2 Å². The highest BCUT2D eigenvalue weighted by Crippen LogP contribution is 2.18. The number of hydrogen-bond acceptors (Lipinski definition) is 1. The maximum Gasteiger partial charge on any atom is 0.307 e. The third kappa shape index (κ3) is 3.94. The van der Waals surface area contributed by atoms with E-state index in [1.54, 1.807) is 30.4 Å². The van der Waals surface area contributed by atoms with E-state index in [9.17, 15) is 4.79 Å². The molecule has 0 atom stereocenters. The number of carbonyl (C=O) groups is 1. The Morgan fingerprint density at radius 1 is 1.47 bits per heavy atom. The molecule has 2 nitrogen and oxygen atoms in total. The van der Waals surface area contributed by atoms with Crippen LogP contribution in [0.5, 0.6) is 0 Å². The highest BCUT2D eigenvalue weighted by atomic mass is 35.5. The Bertz CT molecular complexity index is 386. The molecular formula is C11H10Cl2O2. The van der Waals surface area contributed by atoms with Crippen molar-refractivity contribution in [2.75, 3.05) is 5.88 Å². The van der Waals surface area contributed by atoms with E-state index in [1.807, 2.05) is 0 Å². The van der Waals surface area contributed by atoms with E-state index in [-0.39, 0.29) is 6.42 Å². The Morgan fingerprint density at radius 2 is 2.20 bits per heavy atom. The van der Waals surface area contributed by atoms with Crippen LogP contribution in [0.1, 0.15) is 11.1 Å². The lowest BCUT2D eigenvalue weighted by atomic mass is 10.0. The second-order valence-corrected chi connectivity index (χ2v) is 3.72. The standard InChI is InChI=1S/C11H10Cl2O2/c12-5-1-2-8-3-4-10(13)6-9(8)7-11(14)15/h1-4,6H,5,7H2,(H,14,15). The van der Waals surface area contributed by atoms with E-state index in [4.69, 9.17) is 28.3 Å². The van der Waals surface area contributed by atoms with Crippen LogP contribution in [0.15, 0.2) is 24.3 Å². The molecule has 4 heteroatoms. The van der Waals surface area contributed by atoms with Crippen molar-refractivity contribution in [1.29, 1.82) is 0 Å². The molecule has 0 saturated carbocycles. The quantitative estimate of drug-likeness (QED) is 0.827. The fraction of sp³-hybridized carbons (Fsp3) is 0.182. The molecule has 1 aromatic rings. The second kappa shape index (κ2) is 5.79. The molecule has 0 unspecified atom stereocenters. The molecule has 0 aliphatic heterocycles. The number of benzene rings is 1. The van der Waals surface area contributed by atoms with Crippen molar-refractivity contribution in [2.45, 2.75) is 6.42 Å². The summed E-state index contributed by atoms with van der Waals surface area (Å²) >= 11 is 11.3. The lowest BCUT2D eigenvalue weighted by Gasteiger charge is -2.03. The molecule has 0 aliphatic carbocycles. The monoisotopic (exact) mass is 244 g/mol. The first-order valence-corrected chi connectivity index (χ1v) is 5.27. The van der Waals surface area contributed by atoms with Gasteiger partial charge in [0.2, 0.25) is 0 Å². The predicted molar refractivity (Wildman–Crippen MR) is 62.5 cm³/mol. The van der Waals surface area contributed by atoms with Gasteiger partial charge in [-0.2, -0.15) is 0 Å². The zero-order valence-corrected chi connectivity index (χ0v) is 9.42. The minimum Gasteiger partial charge on any atom is -0.481 e. The molecule has 0 aliphatic rings. The smallest absolute Gasteiger partial charge is 0.307 e. The Hall–Kier alpha value is -0.990. The first kappa shape index (κ1) is 12.1. The van der Waals surface area contributed by atoms with Gasteiger partial charge in [0, 0.05) is 10.9 Å². The molecule has 80 valence electrons. The minimum atomic E-state index is -0.877. The van der Waals surface area contributed by atoms with Crippen molar-refractivity contribution in [3.8, 4) is 0 Å². The molecule has 0 spiro atoms. The summed E-state index contributed by atoms with van der Waals surface area (Å²) in [6.07, 6.45) is 3.51. The van der Waals surface area contributed by atoms with Crippen molar-refractivity contribution in [1.82, 2.24) is 0 Å². The summed E-state index contributed by atoms with van der Waals surface area (Å²) in [7, 11) is 0. The summed E-state index contributed by atoms with van der Waals surface area (Å²) in [6, 6.07) is 5.16. The number of rotatable bonds is 4. The fourth-order valence-corrected chi connectivity index (χ4v) is 1.51. The summed E-state index contributed by atoms with van der Waals surface area (Å²) in [5.74, 6) is -0.479. The zero-order valence-electron chi connectivity index (χ0n) is 7.91. The SMILES string of the molecule is O=C(O)Cc1cc(Cl)ccc1C=CCCl. The van der Waals surface area contributed by atoms with Gasteiger partial charge >= 0.3 is 5.97 Å². The lowest BCUT2D eigenvalue weighted by molar-refractivity contribution is -0.136. The fourth-order valence-electron chi connectivity index (χ4n) is 1.22. The number of carboxylic acids is 1. The van der Waals surface area contributed by atoms with E-state index < -0.39 is 5.97 Å². The van der Waals surface area contributed by atoms with Crippen LogP contribution in [-0.4, -0.2) is 17.0 Å². The zero-order chi connectivity index (χ0) is 11.3. The van der Waals surface area contributed by atoms with E-state index >= 15 is 0 Å². The van der Waals surface area contributed by atoms with E-state index in [1.165, 1.54) is 0 Å². The number of aliphatic carboxylic acids is 1. The number of halogens is 2. The molecule has 1 rings (SSSR count). The van der Waals surface area contributed by atoms with Gasteiger partial charge in [-0.3, -0.25) is 4.79 Å². The third-order valence-electron chi connectivity index (χ3n) is 1.83. The van der Waals surface area contributed by atoms with Gasteiger partial charge in [-0.1, -0.05) is 29.8 Å².